The van der Waals surface area contributed by atoms with Crippen LogP contribution in [0.5, 0.6) is 0 Å². The number of carbonyl (C=O) groups excluding carboxylic acids is 1. The Hall–Kier alpha value is -4.33. The lowest BCUT2D eigenvalue weighted by molar-refractivity contribution is -0.253. The molecule has 0 radical (unpaired) electrons. The highest BCUT2D eigenvalue weighted by Crippen LogP contribution is 2.39. The van der Waals surface area contributed by atoms with Crippen LogP contribution < -0.4 is 5.32 Å². The predicted molar refractivity (Wildman–Crippen MR) is 183 cm³/mol. The number of ether oxygens (including phenoxy) is 2. The maximum absolute atomic E-state index is 11.4. The Bertz CT molecular complexity index is 1770. The van der Waals surface area contributed by atoms with E-state index >= 15 is 0 Å². The molecule has 1 heterocycles. The summed E-state index contributed by atoms with van der Waals surface area (Å²) in [6, 6.07) is 40.0. The zero-order chi connectivity index (χ0) is 32.0. The van der Waals surface area contributed by atoms with Gasteiger partial charge in [0.1, 0.15) is 0 Å². The predicted octanol–water partition coefficient (Wildman–Crippen LogP) is 7.87. The lowest BCUT2D eigenvalue weighted by Crippen LogP contribution is -2.38. The fourth-order valence-electron chi connectivity index (χ4n) is 6.15. The first-order valence-corrected chi connectivity index (χ1v) is 16.0. The molecule has 4 atom stereocenters. The van der Waals surface area contributed by atoms with Gasteiger partial charge in [0.05, 0.1) is 18.8 Å². The number of benzene rings is 5. The number of hydrogen-bond donors (Lipinski definition) is 2. The minimum atomic E-state index is -0.522. The van der Waals surface area contributed by atoms with Crippen molar-refractivity contribution in [2.75, 3.05) is 13.6 Å². The molecule has 1 saturated heterocycles. The summed E-state index contributed by atoms with van der Waals surface area (Å²) in [5.41, 5.74) is 7.42. The lowest BCUT2D eigenvalue weighted by atomic mass is 9.98. The van der Waals surface area contributed by atoms with Gasteiger partial charge in [0.25, 0.3) is 0 Å². The fraction of sp³-hybridized carbons (Fsp3) is 0.275. The normalized spacial score (nSPS) is 18.8. The van der Waals surface area contributed by atoms with Crippen LogP contribution >= 0.6 is 0 Å². The molecule has 0 bridgehead atoms. The van der Waals surface area contributed by atoms with E-state index in [1.807, 2.05) is 36.4 Å². The van der Waals surface area contributed by atoms with Gasteiger partial charge in [0.2, 0.25) is 5.91 Å². The third-order valence-electron chi connectivity index (χ3n) is 9.01. The van der Waals surface area contributed by atoms with E-state index in [1.54, 1.807) is 0 Å². The first kappa shape index (κ1) is 31.6. The molecule has 1 fully saturated rings. The zero-order valence-electron chi connectivity index (χ0n) is 26.7. The summed E-state index contributed by atoms with van der Waals surface area (Å²) in [4.78, 5) is 13.7. The van der Waals surface area contributed by atoms with Gasteiger partial charge in [-0.3, -0.25) is 9.69 Å². The minimum absolute atomic E-state index is 0.0140. The topological polar surface area (TPSA) is 71.0 Å². The van der Waals surface area contributed by atoms with E-state index < -0.39 is 6.29 Å². The van der Waals surface area contributed by atoms with E-state index in [0.29, 0.717) is 6.54 Å². The summed E-state index contributed by atoms with van der Waals surface area (Å²) >= 11 is 0. The van der Waals surface area contributed by atoms with Crippen molar-refractivity contribution in [2.45, 2.75) is 58.0 Å². The Morgan fingerprint density at radius 1 is 0.826 bits per heavy atom. The molecule has 46 heavy (non-hydrogen) atoms. The van der Waals surface area contributed by atoms with E-state index in [9.17, 15) is 9.90 Å². The van der Waals surface area contributed by atoms with Crippen molar-refractivity contribution in [1.82, 2.24) is 10.2 Å². The molecular weight excluding hydrogens is 572 g/mol. The maximum Gasteiger partial charge on any atom is 0.217 e. The van der Waals surface area contributed by atoms with Crippen LogP contribution in [0.25, 0.3) is 21.9 Å². The summed E-state index contributed by atoms with van der Waals surface area (Å²) in [5, 5.41) is 14.9. The van der Waals surface area contributed by atoms with Crippen molar-refractivity contribution in [2.24, 2.45) is 0 Å². The molecule has 6 heteroatoms. The van der Waals surface area contributed by atoms with Crippen molar-refractivity contribution in [3.8, 4) is 11.1 Å². The van der Waals surface area contributed by atoms with Gasteiger partial charge in [-0.1, -0.05) is 103 Å². The molecule has 0 aliphatic carbocycles. The summed E-state index contributed by atoms with van der Waals surface area (Å²) < 4.78 is 13.3. The number of likely N-dealkylation sites (N-methyl/N-ethyl adjacent to an activating group) is 1. The molecule has 0 unspecified atom stereocenters. The molecule has 0 spiro atoms. The Kier molecular flexibility index (Phi) is 9.91. The van der Waals surface area contributed by atoms with Gasteiger partial charge in [0, 0.05) is 38.0 Å². The van der Waals surface area contributed by atoms with Crippen LogP contribution in [-0.4, -0.2) is 35.6 Å². The molecule has 0 saturated carbocycles. The number of aliphatic hydroxyl groups is 1. The standard InChI is InChI=1S/C40H42N2O4/c1-27(35-20-17-31-8-4-5-9-37(31)22-35)42(3)25-38-23-39(33-13-11-29(26-43)12-14-33)46-40(45-38)34-18-15-32(16-19-34)36-10-6-7-30(21-36)24-41-28(2)44/h4-22,27,38-40,43H,23-26H2,1-3H3,(H,41,44)/t27-,38-,39+,40+/m1/s1. The Morgan fingerprint density at radius 3 is 2.30 bits per heavy atom. The van der Waals surface area contributed by atoms with Crippen molar-refractivity contribution in [3.05, 3.63) is 143 Å². The third kappa shape index (κ3) is 7.54. The smallest absolute Gasteiger partial charge is 0.217 e. The molecule has 5 aromatic rings. The van der Waals surface area contributed by atoms with Gasteiger partial charge < -0.3 is 19.9 Å². The second kappa shape index (κ2) is 14.4. The number of nitrogens with zero attached hydrogens (tertiary/aromatic N) is 1. The van der Waals surface area contributed by atoms with Crippen LogP contribution in [-0.2, 0) is 27.4 Å². The molecule has 5 aromatic carbocycles. The Balaban J connectivity index is 1.21. The van der Waals surface area contributed by atoms with E-state index in [4.69, 9.17) is 9.47 Å². The van der Waals surface area contributed by atoms with Gasteiger partial charge >= 0.3 is 0 Å². The van der Waals surface area contributed by atoms with Crippen LogP contribution in [0.2, 0.25) is 0 Å². The van der Waals surface area contributed by atoms with Crippen molar-refractivity contribution >= 4 is 16.7 Å². The molecule has 6 rings (SSSR count). The second-order valence-corrected chi connectivity index (χ2v) is 12.3. The summed E-state index contributed by atoms with van der Waals surface area (Å²) in [5.74, 6) is -0.0440. The quantitative estimate of drug-likeness (QED) is 0.168. The number of rotatable bonds is 10. The van der Waals surface area contributed by atoms with Crippen molar-refractivity contribution < 1.29 is 19.4 Å². The Morgan fingerprint density at radius 2 is 1.57 bits per heavy atom. The fourth-order valence-corrected chi connectivity index (χ4v) is 6.15. The highest BCUT2D eigenvalue weighted by molar-refractivity contribution is 5.83. The monoisotopic (exact) mass is 614 g/mol. The van der Waals surface area contributed by atoms with Crippen LogP contribution in [0, 0.1) is 0 Å². The lowest BCUT2D eigenvalue weighted by Gasteiger charge is -2.39. The SMILES string of the molecule is CC(=O)NCc1cccc(-c2ccc([C@H]3O[C@@H](CN(C)[C@H](C)c4ccc5ccccc5c4)C[C@@H](c4ccc(CO)cc4)O3)cc2)c1. The average molecular weight is 615 g/mol. The van der Waals surface area contributed by atoms with Gasteiger partial charge in [-0.15, -0.1) is 0 Å². The number of amides is 1. The third-order valence-corrected chi connectivity index (χ3v) is 9.01. The van der Waals surface area contributed by atoms with Gasteiger partial charge in [-0.2, -0.15) is 0 Å². The number of nitrogens with one attached hydrogen (secondary N) is 1. The molecule has 1 aliphatic heterocycles. The number of hydrogen-bond acceptors (Lipinski definition) is 5. The van der Waals surface area contributed by atoms with Crippen molar-refractivity contribution in [3.63, 3.8) is 0 Å². The van der Waals surface area contributed by atoms with Gasteiger partial charge in [-0.05, 0) is 70.3 Å². The summed E-state index contributed by atoms with van der Waals surface area (Å²) in [6.07, 6.45) is -0.000703. The van der Waals surface area contributed by atoms with E-state index in [0.717, 1.165) is 46.3 Å². The highest BCUT2D eigenvalue weighted by atomic mass is 16.7. The van der Waals surface area contributed by atoms with Crippen LogP contribution in [0.3, 0.4) is 0 Å². The molecular formula is C40H42N2O4. The Labute approximate surface area is 271 Å². The van der Waals surface area contributed by atoms with E-state index in [2.05, 4.69) is 103 Å². The molecule has 1 amide bonds. The highest BCUT2D eigenvalue weighted by Gasteiger charge is 2.33. The van der Waals surface area contributed by atoms with Gasteiger partial charge in [0.15, 0.2) is 6.29 Å². The molecule has 0 aromatic heterocycles. The molecule has 2 N–H and O–H groups in total. The van der Waals surface area contributed by atoms with Crippen molar-refractivity contribution in [1.29, 1.82) is 0 Å². The number of aliphatic hydroxyl groups excluding tert-OH is 1. The number of carbonyl (C=O) groups is 1. The summed E-state index contributed by atoms with van der Waals surface area (Å²) in [6.45, 7) is 5.04. The van der Waals surface area contributed by atoms with Crippen LogP contribution in [0.15, 0.2) is 115 Å². The molecule has 6 nitrogen and oxygen atoms in total. The second-order valence-electron chi connectivity index (χ2n) is 12.3. The zero-order valence-corrected chi connectivity index (χ0v) is 26.7. The maximum atomic E-state index is 11.4. The van der Waals surface area contributed by atoms with E-state index in [-0.39, 0.29) is 30.8 Å². The average Bonchev–Trinajstić information content (AvgIpc) is 3.10. The first-order chi connectivity index (χ1) is 22.4. The summed E-state index contributed by atoms with van der Waals surface area (Å²) in [7, 11) is 2.16. The molecule has 236 valence electrons. The van der Waals surface area contributed by atoms with Crippen LogP contribution in [0.1, 0.15) is 66.5 Å². The van der Waals surface area contributed by atoms with Gasteiger partial charge in [-0.25, -0.2) is 0 Å². The minimum Gasteiger partial charge on any atom is -0.392 e. The van der Waals surface area contributed by atoms with E-state index in [1.165, 1.54) is 23.3 Å². The number of fused-ring (bicyclic) bond motifs is 1. The largest absolute Gasteiger partial charge is 0.392 e. The van der Waals surface area contributed by atoms with Crippen LogP contribution in [0.4, 0.5) is 0 Å². The molecule has 1 aliphatic rings. The first-order valence-electron chi connectivity index (χ1n) is 16.0.